The molecule has 1 atom stereocenters. The van der Waals surface area contributed by atoms with Crippen LogP contribution in [0.4, 0.5) is 0 Å². The third kappa shape index (κ3) is 6.94. The van der Waals surface area contributed by atoms with Crippen LogP contribution in [-0.2, 0) is 20.9 Å². The summed E-state index contributed by atoms with van der Waals surface area (Å²) in [6, 6.07) is 9.50. The van der Waals surface area contributed by atoms with Crippen molar-refractivity contribution in [2.45, 2.75) is 19.1 Å². The van der Waals surface area contributed by atoms with E-state index in [9.17, 15) is 4.79 Å². The van der Waals surface area contributed by atoms with Crippen LogP contribution >= 0.6 is 12.4 Å². The lowest BCUT2D eigenvalue weighted by atomic mass is 10.2. The van der Waals surface area contributed by atoms with Gasteiger partial charge in [0.05, 0.1) is 26.7 Å². The number of ether oxygens (including phenoxy) is 2. The van der Waals surface area contributed by atoms with E-state index in [2.05, 4.69) is 4.74 Å². The van der Waals surface area contributed by atoms with E-state index < -0.39 is 0 Å². The average Bonchev–Trinajstić information content (AvgIpc) is 2.30. The van der Waals surface area contributed by atoms with Gasteiger partial charge in [0.1, 0.15) is 0 Å². The molecule has 0 amide bonds. The molecule has 0 aromatic heterocycles. The summed E-state index contributed by atoms with van der Waals surface area (Å²) in [6.45, 7) is 0.861. The molecule has 0 spiro atoms. The van der Waals surface area contributed by atoms with Crippen molar-refractivity contribution in [2.75, 3.05) is 13.7 Å². The summed E-state index contributed by atoms with van der Waals surface area (Å²) in [4.78, 5) is 10.9. The molecule has 17 heavy (non-hydrogen) atoms. The van der Waals surface area contributed by atoms with Gasteiger partial charge in [0.2, 0.25) is 0 Å². The van der Waals surface area contributed by atoms with Gasteiger partial charge >= 0.3 is 5.97 Å². The number of benzene rings is 1. The Kier molecular flexibility index (Phi) is 8.40. The predicted molar refractivity (Wildman–Crippen MR) is 68.0 cm³/mol. The third-order valence-corrected chi connectivity index (χ3v) is 2.10. The number of halogens is 1. The largest absolute Gasteiger partial charge is 0.469 e. The molecule has 0 saturated carbocycles. The summed E-state index contributed by atoms with van der Waals surface area (Å²) in [6.07, 6.45) is 0.186. The van der Waals surface area contributed by atoms with Gasteiger partial charge in [-0.15, -0.1) is 12.4 Å². The second-order valence-electron chi connectivity index (χ2n) is 3.54. The molecule has 0 heterocycles. The number of hydrogen-bond acceptors (Lipinski definition) is 4. The summed E-state index contributed by atoms with van der Waals surface area (Å²) in [7, 11) is 1.35. The lowest BCUT2D eigenvalue weighted by Crippen LogP contribution is -2.29. The van der Waals surface area contributed by atoms with Gasteiger partial charge < -0.3 is 15.2 Å². The molecule has 0 saturated heterocycles. The summed E-state index contributed by atoms with van der Waals surface area (Å²) in [5.74, 6) is -0.309. The highest BCUT2D eigenvalue weighted by Crippen LogP contribution is 2.01. The Morgan fingerprint density at radius 1 is 1.35 bits per heavy atom. The molecule has 0 aliphatic rings. The summed E-state index contributed by atoms with van der Waals surface area (Å²) in [5, 5.41) is 0. The normalized spacial score (nSPS) is 11.4. The van der Waals surface area contributed by atoms with Crippen LogP contribution in [0.5, 0.6) is 0 Å². The van der Waals surface area contributed by atoms with Crippen molar-refractivity contribution in [1.29, 1.82) is 0 Å². The fourth-order valence-electron chi connectivity index (χ4n) is 1.26. The molecular formula is C12H18ClNO3. The molecule has 4 nitrogen and oxygen atoms in total. The summed E-state index contributed by atoms with van der Waals surface area (Å²) in [5.41, 5.74) is 6.78. The van der Waals surface area contributed by atoms with Crippen molar-refractivity contribution in [2.24, 2.45) is 5.73 Å². The van der Waals surface area contributed by atoms with E-state index in [4.69, 9.17) is 10.5 Å². The van der Waals surface area contributed by atoms with Crippen molar-refractivity contribution in [3.8, 4) is 0 Å². The van der Waals surface area contributed by atoms with Crippen LogP contribution in [-0.4, -0.2) is 25.7 Å². The van der Waals surface area contributed by atoms with Gasteiger partial charge in [-0.3, -0.25) is 4.79 Å². The Labute approximate surface area is 108 Å². The quantitative estimate of drug-likeness (QED) is 0.787. The van der Waals surface area contributed by atoms with Crippen LogP contribution in [0.3, 0.4) is 0 Å². The van der Waals surface area contributed by atoms with E-state index >= 15 is 0 Å². The van der Waals surface area contributed by atoms with Gasteiger partial charge in [-0.1, -0.05) is 30.3 Å². The first-order chi connectivity index (χ1) is 7.72. The number of rotatable bonds is 6. The van der Waals surface area contributed by atoms with Gasteiger partial charge in [-0.25, -0.2) is 0 Å². The first-order valence-corrected chi connectivity index (χ1v) is 5.16. The lowest BCUT2D eigenvalue weighted by Gasteiger charge is -2.10. The molecular weight excluding hydrogens is 242 g/mol. The maximum Gasteiger partial charge on any atom is 0.307 e. The Morgan fingerprint density at radius 2 is 2.00 bits per heavy atom. The van der Waals surface area contributed by atoms with Crippen molar-refractivity contribution in [3.05, 3.63) is 35.9 Å². The molecule has 96 valence electrons. The summed E-state index contributed by atoms with van der Waals surface area (Å²) >= 11 is 0. The fraction of sp³-hybridized carbons (Fsp3) is 0.417. The van der Waals surface area contributed by atoms with E-state index in [-0.39, 0.29) is 30.8 Å². The summed E-state index contributed by atoms with van der Waals surface area (Å²) < 4.78 is 9.91. The van der Waals surface area contributed by atoms with Crippen LogP contribution in [0.15, 0.2) is 30.3 Å². The highest BCUT2D eigenvalue weighted by molar-refractivity contribution is 5.85. The fourth-order valence-corrected chi connectivity index (χ4v) is 1.26. The van der Waals surface area contributed by atoms with Gasteiger partial charge in [0, 0.05) is 6.04 Å². The minimum absolute atomic E-state index is 0. The number of carbonyl (C=O) groups is 1. The van der Waals surface area contributed by atoms with E-state index in [1.54, 1.807) is 0 Å². The minimum atomic E-state index is -0.309. The Morgan fingerprint density at radius 3 is 2.59 bits per heavy atom. The van der Waals surface area contributed by atoms with E-state index in [1.165, 1.54) is 7.11 Å². The second kappa shape index (κ2) is 8.98. The Hall–Kier alpha value is -1.10. The van der Waals surface area contributed by atoms with E-state index in [1.807, 2.05) is 30.3 Å². The van der Waals surface area contributed by atoms with Gasteiger partial charge in [-0.05, 0) is 5.56 Å². The smallest absolute Gasteiger partial charge is 0.307 e. The third-order valence-electron chi connectivity index (χ3n) is 2.10. The predicted octanol–water partition coefficient (Wildman–Crippen LogP) is 1.52. The zero-order chi connectivity index (χ0) is 11.8. The van der Waals surface area contributed by atoms with Crippen LogP contribution in [0.2, 0.25) is 0 Å². The van der Waals surface area contributed by atoms with Crippen LogP contribution in [0, 0.1) is 0 Å². The van der Waals surface area contributed by atoms with Gasteiger partial charge in [-0.2, -0.15) is 0 Å². The number of hydrogen-bond donors (Lipinski definition) is 1. The van der Waals surface area contributed by atoms with E-state index in [0.717, 1.165) is 5.56 Å². The molecule has 1 aromatic rings. The monoisotopic (exact) mass is 259 g/mol. The average molecular weight is 260 g/mol. The molecule has 1 rings (SSSR count). The van der Waals surface area contributed by atoms with E-state index in [0.29, 0.717) is 13.2 Å². The molecule has 0 aliphatic carbocycles. The minimum Gasteiger partial charge on any atom is -0.469 e. The standard InChI is InChI=1S/C12H17NO3.ClH/c1-15-12(14)7-11(13)9-16-8-10-5-3-2-4-6-10;/h2-6,11H,7-9,13H2,1H3;1H/t11-;/m0./s1. The second-order valence-corrected chi connectivity index (χ2v) is 3.54. The molecule has 0 unspecified atom stereocenters. The number of methoxy groups -OCH3 is 1. The Bertz CT molecular complexity index is 319. The first kappa shape index (κ1) is 15.9. The topological polar surface area (TPSA) is 61.5 Å². The first-order valence-electron chi connectivity index (χ1n) is 5.16. The zero-order valence-corrected chi connectivity index (χ0v) is 10.6. The van der Waals surface area contributed by atoms with Crippen molar-refractivity contribution >= 4 is 18.4 Å². The lowest BCUT2D eigenvalue weighted by molar-refractivity contribution is -0.141. The van der Waals surface area contributed by atoms with Crippen LogP contribution in [0.25, 0.3) is 0 Å². The Balaban J connectivity index is 0.00000256. The zero-order valence-electron chi connectivity index (χ0n) is 9.80. The maximum atomic E-state index is 10.9. The number of carbonyl (C=O) groups excluding carboxylic acids is 1. The number of esters is 1. The maximum absolute atomic E-state index is 10.9. The molecule has 2 N–H and O–H groups in total. The molecule has 0 fully saturated rings. The van der Waals surface area contributed by atoms with Gasteiger partial charge in [0.15, 0.2) is 0 Å². The molecule has 5 heteroatoms. The van der Waals surface area contributed by atoms with Crippen molar-refractivity contribution in [3.63, 3.8) is 0 Å². The molecule has 0 aliphatic heterocycles. The highest BCUT2D eigenvalue weighted by Gasteiger charge is 2.09. The van der Waals surface area contributed by atoms with Crippen molar-refractivity contribution < 1.29 is 14.3 Å². The SMILES string of the molecule is COC(=O)C[C@H](N)COCc1ccccc1.Cl. The van der Waals surface area contributed by atoms with Crippen LogP contribution in [0.1, 0.15) is 12.0 Å². The number of nitrogens with two attached hydrogens (primary N) is 1. The van der Waals surface area contributed by atoms with Crippen molar-refractivity contribution in [1.82, 2.24) is 0 Å². The molecule has 1 aromatic carbocycles. The van der Waals surface area contributed by atoms with Crippen LogP contribution < -0.4 is 5.73 Å². The molecule has 0 radical (unpaired) electrons. The molecule has 0 bridgehead atoms. The highest BCUT2D eigenvalue weighted by atomic mass is 35.5. The van der Waals surface area contributed by atoms with Gasteiger partial charge in [0.25, 0.3) is 0 Å².